The molecule has 1 saturated heterocycles. The summed E-state index contributed by atoms with van der Waals surface area (Å²) in [6.07, 6.45) is 0.262. The number of nitrogens with two attached hydrogens (primary N) is 1. The Hall–Kier alpha value is -2.60. The number of imidazole rings is 1. The van der Waals surface area contributed by atoms with E-state index in [-0.39, 0.29) is 5.82 Å². The largest absolute Gasteiger partial charge is 0.394 e. The first-order chi connectivity index (χ1) is 11.6. The molecular weight excluding hydrogens is 318 g/mol. The normalized spacial score (nSPS) is 27.1. The number of hydrogen-bond acceptors (Lipinski definition) is 9. The van der Waals surface area contributed by atoms with Crippen LogP contribution < -0.4 is 5.73 Å². The van der Waals surface area contributed by atoms with Crippen LogP contribution in [0, 0.1) is 0 Å². The van der Waals surface area contributed by atoms with Gasteiger partial charge in [0.2, 0.25) is 0 Å². The summed E-state index contributed by atoms with van der Waals surface area (Å²) in [5.41, 5.74) is 7.27. The number of aliphatic hydroxyl groups excluding tert-OH is 3. The fourth-order valence-corrected chi connectivity index (χ4v) is 2.74. The second-order valence-electron chi connectivity index (χ2n) is 5.47. The van der Waals surface area contributed by atoms with E-state index in [1.165, 1.54) is 10.9 Å². The molecular formula is C13H15N7O4. The zero-order valence-electron chi connectivity index (χ0n) is 12.3. The summed E-state index contributed by atoms with van der Waals surface area (Å²) in [7, 11) is 0. The number of fused-ring (bicyclic) bond motifs is 1. The molecule has 1 fully saturated rings. The van der Waals surface area contributed by atoms with Gasteiger partial charge in [0, 0.05) is 6.20 Å². The Morgan fingerprint density at radius 2 is 2.12 bits per heavy atom. The molecule has 3 aromatic rings. The molecule has 0 amide bonds. The number of anilines is 1. The Morgan fingerprint density at radius 3 is 2.79 bits per heavy atom. The van der Waals surface area contributed by atoms with Crippen molar-refractivity contribution in [3.05, 3.63) is 18.7 Å². The molecule has 0 aromatic carbocycles. The monoisotopic (exact) mass is 333 g/mol. The van der Waals surface area contributed by atoms with E-state index in [1.807, 2.05) is 0 Å². The Bertz CT molecular complexity index is 865. The van der Waals surface area contributed by atoms with Crippen LogP contribution in [-0.2, 0) is 4.74 Å². The Labute approximate surface area is 134 Å². The average molecular weight is 333 g/mol. The molecule has 0 bridgehead atoms. The third-order valence-corrected chi connectivity index (χ3v) is 4.00. The molecule has 24 heavy (non-hydrogen) atoms. The van der Waals surface area contributed by atoms with Gasteiger partial charge in [-0.25, -0.2) is 15.0 Å². The summed E-state index contributed by atoms with van der Waals surface area (Å²) in [6.45, 7) is -0.418. The van der Waals surface area contributed by atoms with Crippen molar-refractivity contribution in [1.29, 1.82) is 0 Å². The first kappa shape index (κ1) is 15.0. The molecule has 4 rings (SSSR count). The lowest BCUT2D eigenvalue weighted by Gasteiger charge is -2.16. The topological polar surface area (TPSA) is 168 Å². The highest BCUT2D eigenvalue weighted by atomic mass is 16.6. The van der Waals surface area contributed by atoms with Crippen LogP contribution >= 0.6 is 0 Å². The first-order valence-corrected chi connectivity index (χ1v) is 7.22. The predicted molar refractivity (Wildman–Crippen MR) is 80.3 cm³/mol. The summed E-state index contributed by atoms with van der Waals surface area (Å²) < 4.78 is 6.97. The fraction of sp³-hybridized carbons (Fsp3) is 0.385. The van der Waals surface area contributed by atoms with E-state index in [1.54, 1.807) is 12.4 Å². The van der Waals surface area contributed by atoms with Gasteiger partial charge in [-0.2, -0.15) is 5.10 Å². The lowest BCUT2D eigenvalue weighted by Crippen LogP contribution is -2.33. The van der Waals surface area contributed by atoms with E-state index in [0.717, 1.165) is 0 Å². The van der Waals surface area contributed by atoms with Gasteiger partial charge in [-0.1, -0.05) is 0 Å². The van der Waals surface area contributed by atoms with Crippen molar-refractivity contribution in [2.75, 3.05) is 12.3 Å². The van der Waals surface area contributed by atoms with E-state index in [9.17, 15) is 15.3 Å². The zero-order chi connectivity index (χ0) is 16.8. The summed E-state index contributed by atoms with van der Waals surface area (Å²) in [6, 6.07) is 0. The quantitative estimate of drug-likeness (QED) is 0.379. The average Bonchev–Trinajstić information content (AvgIpc) is 3.28. The molecule has 0 saturated carbocycles. The minimum Gasteiger partial charge on any atom is -0.394 e. The van der Waals surface area contributed by atoms with Crippen LogP contribution in [0.1, 0.15) is 6.23 Å². The molecule has 6 N–H and O–H groups in total. The number of H-pyrrole nitrogens is 1. The van der Waals surface area contributed by atoms with Gasteiger partial charge in [0.05, 0.1) is 24.7 Å². The summed E-state index contributed by atoms with van der Waals surface area (Å²) in [5.74, 6) is 0.504. The number of nitrogen functional groups attached to an aromatic ring is 1. The molecule has 0 aliphatic carbocycles. The van der Waals surface area contributed by atoms with Crippen molar-refractivity contribution in [2.24, 2.45) is 0 Å². The number of aromatic amines is 1. The van der Waals surface area contributed by atoms with Crippen LogP contribution in [0.5, 0.6) is 0 Å². The van der Waals surface area contributed by atoms with Crippen LogP contribution in [0.2, 0.25) is 0 Å². The lowest BCUT2D eigenvalue weighted by molar-refractivity contribution is -0.0511. The van der Waals surface area contributed by atoms with Crippen LogP contribution in [-0.4, -0.2) is 70.0 Å². The van der Waals surface area contributed by atoms with Crippen molar-refractivity contribution < 1.29 is 20.1 Å². The minimum atomic E-state index is -1.24. The van der Waals surface area contributed by atoms with Gasteiger partial charge < -0.3 is 25.8 Å². The zero-order valence-corrected chi connectivity index (χ0v) is 12.3. The molecule has 0 radical (unpaired) electrons. The molecule has 126 valence electrons. The van der Waals surface area contributed by atoms with Crippen LogP contribution in [0.4, 0.5) is 5.82 Å². The van der Waals surface area contributed by atoms with Gasteiger partial charge in [-0.05, 0) is 0 Å². The maximum Gasteiger partial charge on any atom is 0.168 e. The number of aromatic nitrogens is 6. The van der Waals surface area contributed by atoms with E-state index >= 15 is 0 Å². The molecule has 11 nitrogen and oxygen atoms in total. The number of aliphatic hydroxyl groups is 3. The highest BCUT2D eigenvalue weighted by Gasteiger charge is 2.44. The highest BCUT2D eigenvalue weighted by molar-refractivity contribution is 5.83. The van der Waals surface area contributed by atoms with Gasteiger partial charge in [0.15, 0.2) is 23.5 Å². The Kier molecular flexibility index (Phi) is 3.42. The number of ether oxygens (including phenoxy) is 1. The van der Waals surface area contributed by atoms with Crippen molar-refractivity contribution in [1.82, 2.24) is 29.7 Å². The summed E-state index contributed by atoms with van der Waals surface area (Å²) in [5, 5.41) is 35.8. The van der Waals surface area contributed by atoms with E-state index in [2.05, 4.69) is 25.1 Å². The van der Waals surface area contributed by atoms with Crippen molar-refractivity contribution in [3.63, 3.8) is 0 Å². The second-order valence-corrected chi connectivity index (χ2v) is 5.47. The molecule has 3 aromatic heterocycles. The highest BCUT2D eigenvalue weighted by Crippen LogP contribution is 2.32. The first-order valence-electron chi connectivity index (χ1n) is 7.22. The fourth-order valence-electron chi connectivity index (χ4n) is 2.74. The standard InChI is InChI=1S/C13H15N7O4/c14-10-7-12(19-11(18-10)5-1-16-17-2-5)20(4-15-7)13-9(23)8(22)6(3-21)24-13/h1-2,4,6,8-9,13,21-23H,3H2,(H,16,17)(H2,14,18,19)/t6?,8-,9-,13?/m1/s1. The van der Waals surface area contributed by atoms with Crippen LogP contribution in [0.15, 0.2) is 18.7 Å². The van der Waals surface area contributed by atoms with E-state index in [0.29, 0.717) is 22.6 Å². The molecule has 0 spiro atoms. The predicted octanol–water partition coefficient (Wildman–Crippen LogP) is -1.59. The van der Waals surface area contributed by atoms with Crippen LogP contribution in [0.3, 0.4) is 0 Å². The lowest BCUT2D eigenvalue weighted by atomic mass is 10.1. The SMILES string of the molecule is Nc1nc(-c2cn[nH]c2)nc2c1ncn2C1OC(CO)[C@@H](O)[C@H]1O. The summed E-state index contributed by atoms with van der Waals surface area (Å²) in [4.78, 5) is 12.7. The van der Waals surface area contributed by atoms with Crippen molar-refractivity contribution >= 4 is 17.0 Å². The smallest absolute Gasteiger partial charge is 0.168 e. The van der Waals surface area contributed by atoms with Gasteiger partial charge in [0.25, 0.3) is 0 Å². The maximum atomic E-state index is 10.2. The summed E-state index contributed by atoms with van der Waals surface area (Å²) >= 11 is 0. The minimum absolute atomic E-state index is 0.168. The Balaban J connectivity index is 1.82. The van der Waals surface area contributed by atoms with Crippen LogP contribution in [0.25, 0.3) is 22.6 Å². The second kappa shape index (κ2) is 5.49. The number of rotatable bonds is 3. The van der Waals surface area contributed by atoms with Crippen molar-refractivity contribution in [2.45, 2.75) is 24.5 Å². The van der Waals surface area contributed by atoms with Gasteiger partial charge in [0.1, 0.15) is 23.8 Å². The number of nitrogens with zero attached hydrogens (tertiary/aromatic N) is 5. The maximum absolute atomic E-state index is 10.2. The third-order valence-electron chi connectivity index (χ3n) is 4.00. The van der Waals surface area contributed by atoms with E-state index in [4.69, 9.17) is 10.5 Å². The van der Waals surface area contributed by atoms with E-state index < -0.39 is 31.1 Å². The Morgan fingerprint density at radius 1 is 1.29 bits per heavy atom. The molecule has 1 aliphatic rings. The van der Waals surface area contributed by atoms with Gasteiger partial charge >= 0.3 is 0 Å². The van der Waals surface area contributed by atoms with Gasteiger partial charge in [-0.15, -0.1) is 0 Å². The number of hydrogen-bond donors (Lipinski definition) is 5. The molecule has 4 heterocycles. The molecule has 1 aliphatic heterocycles. The van der Waals surface area contributed by atoms with Gasteiger partial charge in [-0.3, -0.25) is 9.67 Å². The molecule has 2 unspecified atom stereocenters. The molecule has 4 atom stereocenters. The molecule has 11 heteroatoms. The number of nitrogens with one attached hydrogen (secondary N) is 1. The van der Waals surface area contributed by atoms with Crippen molar-refractivity contribution in [3.8, 4) is 11.4 Å². The third kappa shape index (κ3) is 2.14.